The summed E-state index contributed by atoms with van der Waals surface area (Å²) in [6, 6.07) is 20.0. The van der Waals surface area contributed by atoms with Crippen molar-refractivity contribution >= 4 is 54.8 Å². The van der Waals surface area contributed by atoms with Crippen LogP contribution in [0.3, 0.4) is 0 Å². The number of hydrogen-bond acceptors (Lipinski definition) is 3. The number of nitrogens with zero attached hydrogens (tertiary/aromatic N) is 1. The fraction of sp³-hybridized carbons (Fsp3) is 0.0952. The Morgan fingerprint density at radius 1 is 1.03 bits per heavy atom. The average Bonchev–Trinajstić information content (AvgIpc) is 2.69. The lowest BCUT2D eigenvalue weighted by atomic mass is 10.2. The van der Waals surface area contributed by atoms with E-state index < -0.39 is 22.5 Å². The topological polar surface area (TPSA) is 66.5 Å². The number of rotatable bonds is 6. The minimum Gasteiger partial charge on any atom is -0.324 e. The normalized spacial score (nSPS) is 11.1. The lowest BCUT2D eigenvalue weighted by molar-refractivity contribution is -0.114. The van der Waals surface area contributed by atoms with E-state index in [1.54, 1.807) is 61.5 Å². The second-order valence-corrected chi connectivity index (χ2v) is 9.45. The van der Waals surface area contributed by atoms with Crippen molar-refractivity contribution in [2.75, 3.05) is 16.2 Å². The molecule has 1 N–H and O–H groups in total. The van der Waals surface area contributed by atoms with E-state index in [1.807, 2.05) is 6.07 Å². The van der Waals surface area contributed by atoms with Gasteiger partial charge in [-0.25, -0.2) is 8.42 Å². The van der Waals surface area contributed by atoms with Gasteiger partial charge in [0.05, 0.1) is 10.6 Å². The highest BCUT2D eigenvalue weighted by molar-refractivity contribution is 9.10. The molecule has 0 aliphatic carbocycles. The van der Waals surface area contributed by atoms with E-state index in [0.29, 0.717) is 22.0 Å². The Morgan fingerprint density at radius 3 is 2.41 bits per heavy atom. The summed E-state index contributed by atoms with van der Waals surface area (Å²) in [5, 5.41) is 3.15. The fourth-order valence-electron chi connectivity index (χ4n) is 2.78. The van der Waals surface area contributed by atoms with Gasteiger partial charge in [0, 0.05) is 15.2 Å². The van der Waals surface area contributed by atoms with Crippen LogP contribution in [0, 0.1) is 6.92 Å². The highest BCUT2D eigenvalue weighted by atomic mass is 79.9. The summed E-state index contributed by atoms with van der Waals surface area (Å²) in [5.74, 6) is -0.470. The van der Waals surface area contributed by atoms with E-state index in [-0.39, 0.29) is 4.90 Å². The van der Waals surface area contributed by atoms with Gasteiger partial charge in [0.25, 0.3) is 10.0 Å². The minimum absolute atomic E-state index is 0.0923. The average molecular weight is 494 g/mol. The Labute approximate surface area is 183 Å². The third kappa shape index (κ3) is 4.98. The monoisotopic (exact) mass is 492 g/mol. The SMILES string of the molecule is Cc1c(Cl)cccc1N(CC(=O)Nc1cccc(Br)c1)S(=O)(=O)c1ccccc1. The highest BCUT2D eigenvalue weighted by Crippen LogP contribution is 2.31. The molecular formula is C21H18BrClN2O3S. The van der Waals surface area contributed by atoms with Crippen LogP contribution in [0.15, 0.2) is 82.2 Å². The zero-order chi connectivity index (χ0) is 21.0. The van der Waals surface area contributed by atoms with Crippen LogP contribution in [0.1, 0.15) is 5.56 Å². The largest absolute Gasteiger partial charge is 0.324 e. The van der Waals surface area contributed by atoms with Gasteiger partial charge in [-0.15, -0.1) is 0 Å². The molecule has 0 unspecified atom stereocenters. The van der Waals surface area contributed by atoms with Gasteiger partial charge < -0.3 is 5.32 Å². The van der Waals surface area contributed by atoms with E-state index in [4.69, 9.17) is 11.6 Å². The van der Waals surface area contributed by atoms with Gasteiger partial charge in [0.15, 0.2) is 0 Å². The summed E-state index contributed by atoms with van der Waals surface area (Å²) in [6.45, 7) is 1.32. The van der Waals surface area contributed by atoms with Crippen molar-refractivity contribution in [2.24, 2.45) is 0 Å². The summed E-state index contributed by atoms with van der Waals surface area (Å²) in [4.78, 5) is 12.8. The number of hydrogen-bond donors (Lipinski definition) is 1. The first-order valence-corrected chi connectivity index (χ1v) is 11.3. The molecule has 3 aromatic carbocycles. The van der Waals surface area contributed by atoms with E-state index >= 15 is 0 Å². The summed E-state index contributed by atoms with van der Waals surface area (Å²) in [5.41, 5.74) is 1.49. The molecule has 3 rings (SSSR count). The Hall–Kier alpha value is -2.35. The molecule has 0 aliphatic heterocycles. The maximum absolute atomic E-state index is 13.3. The number of carbonyl (C=O) groups is 1. The van der Waals surface area contributed by atoms with Crippen LogP contribution in [0.5, 0.6) is 0 Å². The molecule has 0 spiro atoms. The van der Waals surface area contributed by atoms with Crippen LogP contribution in [0.25, 0.3) is 0 Å². The molecule has 150 valence electrons. The molecule has 29 heavy (non-hydrogen) atoms. The molecule has 1 amide bonds. The molecule has 0 aromatic heterocycles. The number of amides is 1. The third-order valence-electron chi connectivity index (χ3n) is 4.23. The van der Waals surface area contributed by atoms with E-state index in [0.717, 1.165) is 8.78 Å². The molecule has 0 bridgehead atoms. The van der Waals surface area contributed by atoms with Crippen LogP contribution in [-0.4, -0.2) is 20.9 Å². The standard InChI is InChI=1S/C21H18BrClN2O3S/c1-15-19(23)11-6-12-20(15)25(29(27,28)18-9-3-2-4-10-18)14-21(26)24-17-8-5-7-16(22)13-17/h2-13H,14H2,1H3,(H,24,26). The zero-order valence-electron chi connectivity index (χ0n) is 15.5. The first-order valence-electron chi connectivity index (χ1n) is 8.67. The molecule has 0 saturated heterocycles. The Kier molecular flexibility index (Phi) is 6.62. The lowest BCUT2D eigenvalue weighted by Crippen LogP contribution is -2.38. The summed E-state index contributed by atoms with van der Waals surface area (Å²) < 4.78 is 28.5. The fourth-order valence-corrected chi connectivity index (χ4v) is 4.85. The maximum atomic E-state index is 13.3. The number of anilines is 2. The van der Waals surface area contributed by atoms with Gasteiger partial charge in [-0.2, -0.15) is 0 Å². The Balaban J connectivity index is 1.99. The van der Waals surface area contributed by atoms with Crippen molar-refractivity contribution in [3.05, 3.63) is 87.9 Å². The van der Waals surface area contributed by atoms with Gasteiger partial charge >= 0.3 is 0 Å². The zero-order valence-corrected chi connectivity index (χ0v) is 18.6. The second-order valence-electron chi connectivity index (χ2n) is 6.27. The lowest BCUT2D eigenvalue weighted by Gasteiger charge is -2.26. The summed E-state index contributed by atoms with van der Waals surface area (Å²) in [7, 11) is -3.98. The second kappa shape index (κ2) is 8.98. The predicted octanol–water partition coefficient (Wildman–Crippen LogP) is 5.24. The van der Waals surface area contributed by atoms with Crippen LogP contribution < -0.4 is 9.62 Å². The van der Waals surface area contributed by atoms with Gasteiger partial charge in [-0.05, 0) is 55.0 Å². The molecule has 0 fully saturated rings. The third-order valence-corrected chi connectivity index (χ3v) is 6.91. The number of sulfonamides is 1. The van der Waals surface area contributed by atoms with E-state index in [9.17, 15) is 13.2 Å². The smallest absolute Gasteiger partial charge is 0.264 e. The number of nitrogens with one attached hydrogen (secondary N) is 1. The Bertz CT molecular complexity index is 1140. The quantitative estimate of drug-likeness (QED) is 0.510. The number of halogens is 2. The van der Waals surface area contributed by atoms with Crippen LogP contribution in [-0.2, 0) is 14.8 Å². The summed E-state index contributed by atoms with van der Waals surface area (Å²) in [6.07, 6.45) is 0. The Morgan fingerprint density at radius 2 is 1.72 bits per heavy atom. The molecule has 0 atom stereocenters. The number of benzene rings is 3. The minimum atomic E-state index is -3.98. The molecule has 0 aliphatic rings. The van der Waals surface area contributed by atoms with Crippen molar-refractivity contribution in [1.82, 2.24) is 0 Å². The first kappa shape index (κ1) is 21.4. The summed E-state index contributed by atoms with van der Waals surface area (Å²) >= 11 is 9.56. The molecule has 3 aromatic rings. The predicted molar refractivity (Wildman–Crippen MR) is 120 cm³/mol. The van der Waals surface area contributed by atoms with E-state index in [1.165, 1.54) is 12.1 Å². The molecule has 8 heteroatoms. The van der Waals surface area contributed by atoms with Gasteiger partial charge in [0.2, 0.25) is 5.91 Å². The first-order chi connectivity index (χ1) is 13.8. The molecule has 0 radical (unpaired) electrons. The highest BCUT2D eigenvalue weighted by Gasteiger charge is 2.28. The van der Waals surface area contributed by atoms with Gasteiger partial charge in [0.1, 0.15) is 6.54 Å². The molecule has 0 heterocycles. The van der Waals surface area contributed by atoms with Crippen molar-refractivity contribution < 1.29 is 13.2 Å². The van der Waals surface area contributed by atoms with E-state index in [2.05, 4.69) is 21.2 Å². The molecular weight excluding hydrogens is 476 g/mol. The van der Waals surface area contributed by atoms with Crippen molar-refractivity contribution in [2.45, 2.75) is 11.8 Å². The molecule has 0 saturated carbocycles. The maximum Gasteiger partial charge on any atom is 0.264 e. The van der Waals surface area contributed by atoms with Crippen LogP contribution >= 0.6 is 27.5 Å². The van der Waals surface area contributed by atoms with Crippen molar-refractivity contribution in [1.29, 1.82) is 0 Å². The van der Waals surface area contributed by atoms with Crippen LogP contribution in [0.4, 0.5) is 11.4 Å². The van der Waals surface area contributed by atoms with Crippen molar-refractivity contribution in [3.8, 4) is 0 Å². The van der Waals surface area contributed by atoms with Gasteiger partial charge in [-0.3, -0.25) is 9.10 Å². The van der Waals surface area contributed by atoms with Gasteiger partial charge in [-0.1, -0.05) is 57.9 Å². The van der Waals surface area contributed by atoms with Crippen molar-refractivity contribution in [3.63, 3.8) is 0 Å². The number of carbonyl (C=O) groups excluding carboxylic acids is 1. The molecule has 5 nitrogen and oxygen atoms in total. The van der Waals surface area contributed by atoms with Crippen LogP contribution in [0.2, 0.25) is 5.02 Å².